The minimum Gasteiger partial charge on any atom is -0.490 e. The second-order valence-corrected chi connectivity index (χ2v) is 6.33. The van der Waals surface area contributed by atoms with Gasteiger partial charge in [0.25, 0.3) is 5.91 Å². The Bertz CT molecular complexity index is 766. The van der Waals surface area contributed by atoms with Gasteiger partial charge in [-0.05, 0) is 42.7 Å². The summed E-state index contributed by atoms with van der Waals surface area (Å²) < 4.78 is 15.8. The first-order valence-corrected chi connectivity index (χ1v) is 8.99. The molecule has 1 amide bonds. The third kappa shape index (κ3) is 6.00. The van der Waals surface area contributed by atoms with Crippen LogP contribution in [0.15, 0.2) is 16.8 Å². The number of nitrogen functional groups attached to an aromatic ring is 1. The van der Waals surface area contributed by atoms with E-state index in [-0.39, 0.29) is 17.6 Å². The third-order valence-electron chi connectivity index (χ3n) is 3.41. The molecule has 0 aliphatic rings. The van der Waals surface area contributed by atoms with Gasteiger partial charge in [-0.25, -0.2) is 4.63 Å². The van der Waals surface area contributed by atoms with Crippen molar-refractivity contribution in [2.45, 2.75) is 33.4 Å². The molecule has 4 N–H and O–H groups in total. The average molecular weight is 398 g/mol. The number of ether oxygens (including phenoxy) is 2. The highest BCUT2D eigenvalue weighted by Gasteiger charge is 2.15. The molecule has 0 aliphatic carbocycles. The van der Waals surface area contributed by atoms with Crippen LogP contribution in [0.5, 0.6) is 11.5 Å². The maximum Gasteiger partial charge on any atom is 0.277 e. The van der Waals surface area contributed by atoms with Crippen LogP contribution in [0.3, 0.4) is 0 Å². The van der Waals surface area contributed by atoms with Crippen molar-refractivity contribution in [1.82, 2.24) is 20.9 Å². The van der Waals surface area contributed by atoms with E-state index in [1.54, 1.807) is 6.07 Å². The molecule has 0 fully saturated rings. The summed E-state index contributed by atoms with van der Waals surface area (Å²) in [5.41, 5.74) is 6.31. The average Bonchev–Trinajstić information content (AvgIpc) is 3.03. The number of hydrogen-bond donors (Lipinski definition) is 3. The second-order valence-electron chi connectivity index (χ2n) is 5.92. The van der Waals surface area contributed by atoms with Crippen molar-refractivity contribution >= 4 is 23.3 Å². The van der Waals surface area contributed by atoms with Crippen LogP contribution >= 0.6 is 11.6 Å². The fourth-order valence-electron chi connectivity index (χ4n) is 2.25. The van der Waals surface area contributed by atoms with Crippen molar-refractivity contribution in [3.8, 4) is 11.5 Å². The fourth-order valence-corrected chi connectivity index (χ4v) is 2.47. The number of carbonyl (C=O) groups excluding carboxylic acids is 1. The molecule has 0 saturated carbocycles. The topological polar surface area (TPSA) is 125 Å². The molecule has 0 saturated heterocycles. The lowest BCUT2D eigenvalue weighted by Crippen LogP contribution is -2.32. The summed E-state index contributed by atoms with van der Waals surface area (Å²) in [6.07, 6.45) is 0.0156. The molecule has 1 heterocycles. The molecule has 1 aromatic carbocycles. The van der Waals surface area contributed by atoms with Gasteiger partial charge >= 0.3 is 0 Å². The Balaban J connectivity index is 1.87. The van der Waals surface area contributed by atoms with Crippen LogP contribution in [0.4, 0.5) is 5.82 Å². The van der Waals surface area contributed by atoms with E-state index in [4.69, 9.17) is 26.8 Å². The minimum atomic E-state index is -0.442. The Morgan fingerprint density at radius 2 is 2.07 bits per heavy atom. The number of hydrogen-bond acceptors (Lipinski definition) is 8. The smallest absolute Gasteiger partial charge is 0.277 e. The number of nitrogens with zero attached hydrogens (tertiary/aromatic N) is 2. The minimum absolute atomic E-state index is 0.0156. The molecular weight excluding hydrogens is 374 g/mol. The predicted molar refractivity (Wildman–Crippen MR) is 101 cm³/mol. The molecular formula is C17H24ClN5O4. The Hall–Kier alpha value is -2.52. The highest BCUT2D eigenvalue weighted by Crippen LogP contribution is 2.34. The Kier molecular flexibility index (Phi) is 7.68. The summed E-state index contributed by atoms with van der Waals surface area (Å²) >= 11 is 6.35. The van der Waals surface area contributed by atoms with E-state index in [0.717, 1.165) is 5.56 Å². The quantitative estimate of drug-likeness (QED) is 0.520. The highest BCUT2D eigenvalue weighted by molar-refractivity contribution is 6.31. The normalized spacial score (nSPS) is 10.9. The lowest BCUT2D eigenvalue weighted by Gasteiger charge is -2.17. The zero-order valence-electron chi connectivity index (χ0n) is 15.5. The summed E-state index contributed by atoms with van der Waals surface area (Å²) in [7, 11) is 0. The maximum atomic E-state index is 11.8. The Morgan fingerprint density at radius 3 is 2.70 bits per heavy atom. The van der Waals surface area contributed by atoms with Crippen LogP contribution in [-0.2, 0) is 6.54 Å². The van der Waals surface area contributed by atoms with E-state index in [9.17, 15) is 4.79 Å². The fraction of sp³-hybridized carbons (Fsp3) is 0.471. The summed E-state index contributed by atoms with van der Waals surface area (Å²) in [6, 6.07) is 3.61. The van der Waals surface area contributed by atoms with Gasteiger partial charge in [0.15, 0.2) is 11.5 Å². The van der Waals surface area contributed by atoms with Gasteiger partial charge in [0.2, 0.25) is 11.5 Å². The van der Waals surface area contributed by atoms with Gasteiger partial charge in [-0.2, -0.15) is 0 Å². The summed E-state index contributed by atoms with van der Waals surface area (Å²) in [5.74, 6) is 0.781. The number of rotatable bonds is 10. The molecule has 2 aromatic rings. The SMILES string of the molecule is CCOc1cc(CNCCNC(=O)c2nonc2N)c(Cl)cc1OC(C)C. The third-order valence-corrected chi connectivity index (χ3v) is 3.76. The van der Waals surface area contributed by atoms with E-state index in [1.807, 2.05) is 26.8 Å². The largest absolute Gasteiger partial charge is 0.490 e. The van der Waals surface area contributed by atoms with E-state index in [1.165, 1.54) is 0 Å². The van der Waals surface area contributed by atoms with Crippen LogP contribution < -0.4 is 25.8 Å². The van der Waals surface area contributed by atoms with Crippen molar-refractivity contribution in [2.75, 3.05) is 25.4 Å². The van der Waals surface area contributed by atoms with E-state index < -0.39 is 5.91 Å². The molecule has 0 spiro atoms. The number of aromatic nitrogens is 2. The number of benzene rings is 1. The van der Waals surface area contributed by atoms with Crippen LogP contribution in [0.2, 0.25) is 5.02 Å². The maximum absolute atomic E-state index is 11.8. The zero-order valence-corrected chi connectivity index (χ0v) is 16.3. The van der Waals surface area contributed by atoms with Crippen LogP contribution in [-0.4, -0.2) is 42.0 Å². The van der Waals surface area contributed by atoms with Gasteiger partial charge in [0, 0.05) is 30.7 Å². The first-order chi connectivity index (χ1) is 12.9. The number of amides is 1. The second kappa shape index (κ2) is 9.98. The molecule has 10 heteroatoms. The van der Waals surface area contributed by atoms with Gasteiger partial charge in [-0.1, -0.05) is 11.6 Å². The number of halogens is 1. The predicted octanol–water partition coefficient (Wildman–Crippen LogP) is 2.01. The number of nitrogens with one attached hydrogen (secondary N) is 2. The molecule has 27 heavy (non-hydrogen) atoms. The summed E-state index contributed by atoms with van der Waals surface area (Å²) in [6.45, 7) is 7.70. The molecule has 148 valence electrons. The van der Waals surface area contributed by atoms with Crippen LogP contribution in [0, 0.1) is 0 Å². The molecule has 0 atom stereocenters. The standard InChI is InChI=1S/C17H24ClN5O4/c1-4-25-13-7-11(12(18)8-14(13)26-10(2)3)9-20-5-6-21-17(24)15-16(19)23-27-22-15/h7-8,10,20H,4-6,9H2,1-3H3,(H2,19,23)(H,21,24). The summed E-state index contributed by atoms with van der Waals surface area (Å²) in [4.78, 5) is 11.8. The van der Waals surface area contributed by atoms with Crippen molar-refractivity contribution < 1.29 is 18.9 Å². The lowest BCUT2D eigenvalue weighted by atomic mass is 10.2. The Labute approximate surface area is 162 Å². The molecule has 0 bridgehead atoms. The van der Waals surface area contributed by atoms with Crippen LogP contribution in [0.1, 0.15) is 36.8 Å². The van der Waals surface area contributed by atoms with E-state index in [2.05, 4.69) is 25.6 Å². The van der Waals surface area contributed by atoms with Gasteiger partial charge < -0.3 is 25.8 Å². The van der Waals surface area contributed by atoms with E-state index >= 15 is 0 Å². The molecule has 1 aromatic heterocycles. The monoisotopic (exact) mass is 397 g/mol. The summed E-state index contributed by atoms with van der Waals surface area (Å²) in [5, 5.41) is 13.2. The van der Waals surface area contributed by atoms with Gasteiger partial charge in [-0.3, -0.25) is 4.79 Å². The van der Waals surface area contributed by atoms with Gasteiger partial charge in [-0.15, -0.1) is 0 Å². The molecule has 0 radical (unpaired) electrons. The zero-order chi connectivity index (χ0) is 19.8. The number of anilines is 1. The number of nitrogens with two attached hydrogens (primary N) is 1. The Morgan fingerprint density at radius 1 is 1.30 bits per heavy atom. The van der Waals surface area contributed by atoms with E-state index in [0.29, 0.717) is 42.8 Å². The molecule has 0 unspecified atom stereocenters. The van der Waals surface area contributed by atoms with Crippen molar-refractivity contribution in [1.29, 1.82) is 0 Å². The van der Waals surface area contributed by atoms with Crippen molar-refractivity contribution in [3.05, 3.63) is 28.4 Å². The van der Waals surface area contributed by atoms with Crippen molar-refractivity contribution in [3.63, 3.8) is 0 Å². The molecule has 2 rings (SSSR count). The molecule has 0 aliphatic heterocycles. The number of carbonyl (C=O) groups is 1. The van der Waals surface area contributed by atoms with Crippen LogP contribution in [0.25, 0.3) is 0 Å². The lowest BCUT2D eigenvalue weighted by molar-refractivity contribution is 0.0944. The van der Waals surface area contributed by atoms with Gasteiger partial charge in [0.05, 0.1) is 12.7 Å². The molecule has 9 nitrogen and oxygen atoms in total. The van der Waals surface area contributed by atoms with Crippen molar-refractivity contribution in [2.24, 2.45) is 0 Å². The van der Waals surface area contributed by atoms with Gasteiger partial charge in [0.1, 0.15) is 0 Å². The first-order valence-electron chi connectivity index (χ1n) is 8.61. The highest BCUT2D eigenvalue weighted by atomic mass is 35.5. The first kappa shape index (κ1) is 20.8.